The molecule has 1 aliphatic rings. The molecule has 5 heteroatoms. The van der Waals surface area contributed by atoms with Crippen LogP contribution in [0.1, 0.15) is 6.42 Å². The molecule has 0 aliphatic carbocycles. The van der Waals surface area contributed by atoms with E-state index in [-0.39, 0.29) is 19.5 Å². The number of hydrogen-bond donors (Lipinski definition) is 1. The zero-order chi connectivity index (χ0) is 8.43. The molecule has 1 rings (SSSR count). The number of nitrogens with zero attached hydrogens (tertiary/aromatic N) is 1. The van der Waals surface area contributed by atoms with E-state index in [0.29, 0.717) is 0 Å². The maximum absolute atomic E-state index is 12.5. The number of ketones is 1. The molecular formula is C6H8FNO3. The van der Waals surface area contributed by atoms with Crippen LogP contribution in [0.25, 0.3) is 0 Å². The van der Waals surface area contributed by atoms with E-state index in [1.54, 1.807) is 0 Å². The van der Waals surface area contributed by atoms with Crippen LogP contribution < -0.4 is 0 Å². The van der Waals surface area contributed by atoms with Crippen molar-refractivity contribution in [2.75, 3.05) is 13.1 Å². The Morgan fingerprint density at radius 1 is 1.73 bits per heavy atom. The number of halogens is 1. The number of carbonyl (C=O) groups is 2. The van der Waals surface area contributed by atoms with Crippen molar-refractivity contribution >= 4 is 11.9 Å². The van der Waals surface area contributed by atoms with Gasteiger partial charge in [0.15, 0.2) is 12.0 Å². The van der Waals surface area contributed by atoms with Crippen LogP contribution in [-0.2, 0) is 4.79 Å². The average Bonchev–Trinajstić information content (AvgIpc) is 1.94. The molecule has 0 aromatic carbocycles. The third kappa shape index (κ3) is 1.66. The lowest BCUT2D eigenvalue weighted by Crippen LogP contribution is -2.44. The topological polar surface area (TPSA) is 57.6 Å². The molecule has 0 bridgehead atoms. The summed E-state index contributed by atoms with van der Waals surface area (Å²) in [5.74, 6) is -0.498. The van der Waals surface area contributed by atoms with Gasteiger partial charge in [-0.05, 0) is 0 Å². The molecule has 4 nitrogen and oxygen atoms in total. The van der Waals surface area contributed by atoms with Crippen LogP contribution in [0.2, 0.25) is 0 Å². The minimum absolute atomic E-state index is 0.00648. The number of piperidine rings is 1. The minimum atomic E-state index is -1.63. The monoisotopic (exact) mass is 161 g/mol. The molecule has 1 atom stereocenters. The van der Waals surface area contributed by atoms with Crippen molar-refractivity contribution in [1.29, 1.82) is 0 Å². The first kappa shape index (κ1) is 7.97. The SMILES string of the molecule is O=C1CCN(C(=O)O)C[C@H]1F. The number of rotatable bonds is 0. The van der Waals surface area contributed by atoms with Gasteiger partial charge in [0.05, 0.1) is 6.54 Å². The highest BCUT2D eigenvalue weighted by Crippen LogP contribution is 2.09. The van der Waals surface area contributed by atoms with E-state index in [9.17, 15) is 14.0 Å². The fraction of sp³-hybridized carbons (Fsp3) is 0.667. The number of carbonyl (C=O) groups excluding carboxylic acids is 1. The second-order valence-corrected chi connectivity index (χ2v) is 2.41. The summed E-state index contributed by atoms with van der Waals surface area (Å²) in [4.78, 5) is 21.7. The van der Waals surface area contributed by atoms with Gasteiger partial charge in [-0.15, -0.1) is 0 Å². The Balaban J connectivity index is 2.52. The Labute approximate surface area is 62.6 Å². The van der Waals surface area contributed by atoms with Crippen molar-refractivity contribution in [1.82, 2.24) is 4.90 Å². The van der Waals surface area contributed by atoms with Crippen LogP contribution in [0.5, 0.6) is 0 Å². The normalized spacial score (nSPS) is 25.4. The second-order valence-electron chi connectivity index (χ2n) is 2.41. The quantitative estimate of drug-likeness (QED) is 0.555. The lowest BCUT2D eigenvalue weighted by molar-refractivity contribution is -0.126. The minimum Gasteiger partial charge on any atom is -0.465 e. The van der Waals surface area contributed by atoms with E-state index in [0.717, 1.165) is 4.90 Å². The maximum atomic E-state index is 12.5. The molecule has 0 aromatic heterocycles. The number of alkyl halides is 1. The Bertz CT molecular complexity index is 194. The summed E-state index contributed by atoms with van der Waals surface area (Å²) in [6, 6.07) is 0. The Morgan fingerprint density at radius 2 is 2.36 bits per heavy atom. The summed E-state index contributed by atoms with van der Waals surface area (Å²) < 4.78 is 12.5. The average molecular weight is 161 g/mol. The standard InChI is InChI=1S/C6H8FNO3/c7-4-3-8(6(10)11)2-1-5(4)9/h4H,1-3H2,(H,10,11)/t4-/m1/s1. The summed E-state index contributed by atoms with van der Waals surface area (Å²) in [5.41, 5.74) is 0. The highest BCUT2D eigenvalue weighted by molar-refractivity contribution is 5.85. The summed E-state index contributed by atoms with van der Waals surface area (Å²) >= 11 is 0. The first-order chi connectivity index (χ1) is 5.11. The molecule has 62 valence electrons. The van der Waals surface area contributed by atoms with Gasteiger partial charge < -0.3 is 10.0 Å². The molecule has 1 saturated heterocycles. The lowest BCUT2D eigenvalue weighted by atomic mass is 10.1. The summed E-state index contributed by atoms with van der Waals surface area (Å²) in [6.45, 7) is -0.192. The summed E-state index contributed by atoms with van der Waals surface area (Å²) in [7, 11) is 0. The molecule has 0 spiro atoms. The fourth-order valence-electron chi connectivity index (χ4n) is 0.962. The van der Waals surface area contributed by atoms with Gasteiger partial charge >= 0.3 is 6.09 Å². The van der Waals surface area contributed by atoms with Gasteiger partial charge in [-0.3, -0.25) is 4.79 Å². The molecule has 0 aromatic rings. The van der Waals surface area contributed by atoms with Gasteiger partial charge in [0, 0.05) is 13.0 Å². The molecule has 1 fully saturated rings. The van der Waals surface area contributed by atoms with Gasteiger partial charge in [-0.1, -0.05) is 0 Å². The number of carboxylic acid groups (broad SMARTS) is 1. The molecular weight excluding hydrogens is 153 g/mol. The van der Waals surface area contributed by atoms with Crippen LogP contribution in [-0.4, -0.2) is 41.1 Å². The molecule has 11 heavy (non-hydrogen) atoms. The van der Waals surface area contributed by atoms with Crippen molar-refractivity contribution in [3.8, 4) is 0 Å². The van der Waals surface area contributed by atoms with E-state index in [1.807, 2.05) is 0 Å². The third-order valence-electron chi connectivity index (χ3n) is 1.63. The zero-order valence-corrected chi connectivity index (χ0v) is 5.79. The summed E-state index contributed by atoms with van der Waals surface area (Å²) in [6.07, 6.45) is -2.80. The number of amides is 1. The predicted octanol–water partition coefficient (Wildman–Crippen LogP) is 0.277. The van der Waals surface area contributed by atoms with Gasteiger partial charge in [-0.25, -0.2) is 9.18 Å². The maximum Gasteiger partial charge on any atom is 0.407 e. The highest BCUT2D eigenvalue weighted by Gasteiger charge is 2.28. The Kier molecular flexibility index (Phi) is 2.07. The number of Topliss-reactive ketones (excluding diaryl/α,β-unsaturated/α-hetero) is 1. The van der Waals surface area contributed by atoms with E-state index in [1.165, 1.54) is 0 Å². The van der Waals surface area contributed by atoms with E-state index >= 15 is 0 Å². The largest absolute Gasteiger partial charge is 0.465 e. The molecule has 0 unspecified atom stereocenters. The van der Waals surface area contributed by atoms with Crippen molar-refractivity contribution < 1.29 is 19.1 Å². The second kappa shape index (κ2) is 2.86. The molecule has 1 N–H and O–H groups in total. The van der Waals surface area contributed by atoms with Crippen LogP contribution >= 0.6 is 0 Å². The van der Waals surface area contributed by atoms with E-state index in [4.69, 9.17) is 5.11 Å². The van der Waals surface area contributed by atoms with Crippen LogP contribution in [0.4, 0.5) is 9.18 Å². The van der Waals surface area contributed by atoms with Crippen LogP contribution in [0.3, 0.4) is 0 Å². The van der Waals surface area contributed by atoms with Crippen molar-refractivity contribution in [3.05, 3.63) is 0 Å². The zero-order valence-electron chi connectivity index (χ0n) is 5.79. The molecule has 0 saturated carbocycles. The van der Waals surface area contributed by atoms with Crippen LogP contribution in [0.15, 0.2) is 0 Å². The molecule has 1 amide bonds. The first-order valence-electron chi connectivity index (χ1n) is 3.26. The van der Waals surface area contributed by atoms with Crippen molar-refractivity contribution in [2.24, 2.45) is 0 Å². The van der Waals surface area contributed by atoms with E-state index < -0.39 is 18.0 Å². The third-order valence-corrected chi connectivity index (χ3v) is 1.63. The first-order valence-corrected chi connectivity index (χ1v) is 3.26. The smallest absolute Gasteiger partial charge is 0.407 e. The van der Waals surface area contributed by atoms with Crippen molar-refractivity contribution in [2.45, 2.75) is 12.6 Å². The van der Waals surface area contributed by atoms with Gasteiger partial charge in [0.1, 0.15) is 0 Å². The number of hydrogen-bond acceptors (Lipinski definition) is 2. The van der Waals surface area contributed by atoms with Crippen molar-refractivity contribution in [3.63, 3.8) is 0 Å². The highest BCUT2D eigenvalue weighted by atomic mass is 19.1. The van der Waals surface area contributed by atoms with E-state index in [2.05, 4.69) is 0 Å². The molecule has 1 aliphatic heterocycles. The molecule has 0 radical (unpaired) electrons. The van der Waals surface area contributed by atoms with Gasteiger partial charge in [-0.2, -0.15) is 0 Å². The Morgan fingerprint density at radius 3 is 2.82 bits per heavy atom. The van der Waals surface area contributed by atoms with Crippen LogP contribution in [0, 0.1) is 0 Å². The summed E-state index contributed by atoms with van der Waals surface area (Å²) in [5, 5.41) is 8.39. The predicted molar refractivity (Wildman–Crippen MR) is 34.1 cm³/mol. The molecule has 1 heterocycles. The van der Waals surface area contributed by atoms with Gasteiger partial charge in [0.2, 0.25) is 0 Å². The Hall–Kier alpha value is -1.13. The van der Waals surface area contributed by atoms with Gasteiger partial charge in [0.25, 0.3) is 0 Å². The number of likely N-dealkylation sites (tertiary alicyclic amines) is 1. The fourth-order valence-corrected chi connectivity index (χ4v) is 0.962. The lowest BCUT2D eigenvalue weighted by Gasteiger charge is -2.25.